The second-order valence-electron chi connectivity index (χ2n) is 4.40. The minimum atomic E-state index is -4.04. The van der Waals surface area contributed by atoms with Gasteiger partial charge in [-0.25, -0.2) is 0 Å². The Morgan fingerprint density at radius 1 is 1.30 bits per heavy atom. The van der Waals surface area contributed by atoms with Crippen molar-refractivity contribution in [2.45, 2.75) is 6.92 Å². The minimum absolute atomic E-state index is 0.417. The van der Waals surface area contributed by atoms with Crippen molar-refractivity contribution < 1.29 is 17.8 Å². The number of benzene rings is 1. The van der Waals surface area contributed by atoms with Gasteiger partial charge in [0.25, 0.3) is 10.1 Å². The predicted molar refractivity (Wildman–Crippen MR) is 89.5 cm³/mol. The van der Waals surface area contributed by atoms with E-state index in [1.54, 1.807) is 43.3 Å². The molecule has 1 aromatic heterocycles. The summed E-state index contributed by atoms with van der Waals surface area (Å²) in [5.41, 5.74) is 6.90. The summed E-state index contributed by atoms with van der Waals surface area (Å²) >= 11 is 5.67. The molecule has 1 aromatic carbocycles. The molecule has 2 aromatic rings. The van der Waals surface area contributed by atoms with Crippen LogP contribution in [0.5, 0.6) is 0 Å². The maximum Gasteiger partial charge on any atom is 0.287 e. The largest absolute Gasteiger partial charge is 0.366 e. The number of hydrogen-bond donors (Lipinski definition) is 2. The molecule has 122 valence electrons. The molecule has 0 aliphatic carbocycles. The number of hydrogen-bond acceptors (Lipinski definition) is 4. The molecule has 0 aliphatic rings. The SMILES string of the molecule is Cc1cc(Cl)ccc1C(N)=O.O=S(=O)(O)/C=C/c1ccccn1. The lowest BCUT2D eigenvalue weighted by molar-refractivity contribution is 0.0999. The third kappa shape index (κ3) is 7.55. The second-order valence-corrected chi connectivity index (χ2v) is 6.13. The zero-order valence-corrected chi connectivity index (χ0v) is 13.8. The second kappa shape index (κ2) is 8.42. The number of pyridine rings is 1. The van der Waals surface area contributed by atoms with Crippen molar-refractivity contribution in [3.8, 4) is 0 Å². The van der Waals surface area contributed by atoms with Crippen LogP contribution in [0.25, 0.3) is 6.08 Å². The highest BCUT2D eigenvalue weighted by Crippen LogP contribution is 2.14. The van der Waals surface area contributed by atoms with Gasteiger partial charge in [0.05, 0.1) is 11.1 Å². The molecule has 0 bridgehead atoms. The lowest BCUT2D eigenvalue weighted by atomic mass is 10.1. The first-order chi connectivity index (χ1) is 10.7. The standard InChI is InChI=1S/C8H8ClNO.C7H7NO3S/c1-5-4-6(9)2-3-7(5)8(10)11;9-12(10,11)6-4-7-3-1-2-5-8-7/h2-4H,1H3,(H2,10,11);1-6H,(H,9,10,11)/b;6-4+. The molecular formula is C15H15ClN2O4S. The number of carbonyl (C=O) groups excluding carboxylic acids is 1. The molecule has 2 rings (SSSR count). The average molecular weight is 355 g/mol. The molecule has 0 saturated heterocycles. The van der Waals surface area contributed by atoms with Crippen molar-refractivity contribution in [3.05, 3.63) is 69.8 Å². The third-order valence-electron chi connectivity index (χ3n) is 2.55. The van der Waals surface area contributed by atoms with Crippen molar-refractivity contribution in [1.82, 2.24) is 4.98 Å². The van der Waals surface area contributed by atoms with Crippen LogP contribution in [-0.4, -0.2) is 23.9 Å². The summed E-state index contributed by atoms with van der Waals surface area (Å²) in [6.45, 7) is 1.80. The molecule has 0 radical (unpaired) electrons. The Bertz CT molecular complexity index is 805. The van der Waals surface area contributed by atoms with Gasteiger partial charge < -0.3 is 5.73 Å². The number of rotatable bonds is 3. The van der Waals surface area contributed by atoms with Gasteiger partial charge in [-0.1, -0.05) is 17.7 Å². The van der Waals surface area contributed by atoms with Crippen LogP contribution in [0.15, 0.2) is 48.0 Å². The topological polar surface area (TPSA) is 110 Å². The number of primary amides is 1. The van der Waals surface area contributed by atoms with E-state index in [2.05, 4.69) is 4.98 Å². The van der Waals surface area contributed by atoms with Gasteiger partial charge in [-0.3, -0.25) is 14.3 Å². The van der Waals surface area contributed by atoms with Gasteiger partial charge in [-0.2, -0.15) is 8.42 Å². The number of carbonyl (C=O) groups is 1. The van der Waals surface area contributed by atoms with Crippen LogP contribution < -0.4 is 5.73 Å². The van der Waals surface area contributed by atoms with Crippen LogP contribution in [0.4, 0.5) is 0 Å². The lowest BCUT2D eigenvalue weighted by Gasteiger charge is -1.99. The molecule has 0 spiro atoms. The van der Waals surface area contributed by atoms with Crippen molar-refractivity contribution in [2.75, 3.05) is 0 Å². The van der Waals surface area contributed by atoms with Crippen LogP contribution in [0.3, 0.4) is 0 Å². The van der Waals surface area contributed by atoms with Crippen molar-refractivity contribution in [2.24, 2.45) is 5.73 Å². The monoisotopic (exact) mass is 354 g/mol. The Hall–Kier alpha value is -2.22. The highest BCUT2D eigenvalue weighted by atomic mass is 35.5. The van der Waals surface area contributed by atoms with Gasteiger partial charge >= 0.3 is 0 Å². The van der Waals surface area contributed by atoms with Crippen LogP contribution >= 0.6 is 11.6 Å². The highest BCUT2D eigenvalue weighted by Gasteiger charge is 2.03. The first-order valence-electron chi connectivity index (χ1n) is 6.31. The van der Waals surface area contributed by atoms with E-state index in [9.17, 15) is 13.2 Å². The molecule has 1 amide bonds. The fourth-order valence-electron chi connectivity index (χ4n) is 1.53. The summed E-state index contributed by atoms with van der Waals surface area (Å²) in [6, 6.07) is 10.0. The summed E-state index contributed by atoms with van der Waals surface area (Å²) < 4.78 is 28.8. The van der Waals surface area contributed by atoms with E-state index < -0.39 is 16.0 Å². The first-order valence-corrected chi connectivity index (χ1v) is 8.20. The Labute approximate surface area is 139 Å². The van der Waals surface area contributed by atoms with Crippen molar-refractivity contribution in [3.63, 3.8) is 0 Å². The smallest absolute Gasteiger partial charge is 0.287 e. The zero-order valence-electron chi connectivity index (χ0n) is 12.2. The Morgan fingerprint density at radius 2 is 2.00 bits per heavy atom. The van der Waals surface area contributed by atoms with Gasteiger partial charge in [0.2, 0.25) is 5.91 Å². The molecule has 1 heterocycles. The Balaban J connectivity index is 0.000000231. The summed E-state index contributed by atoms with van der Waals surface area (Å²) in [4.78, 5) is 14.5. The molecule has 0 aliphatic heterocycles. The average Bonchev–Trinajstić information content (AvgIpc) is 2.46. The number of halogens is 1. The molecule has 23 heavy (non-hydrogen) atoms. The fourth-order valence-corrected chi connectivity index (χ4v) is 2.07. The summed E-state index contributed by atoms with van der Waals surface area (Å²) in [6.07, 6.45) is 2.75. The van der Waals surface area contributed by atoms with Crippen molar-refractivity contribution >= 4 is 33.7 Å². The fraction of sp³-hybridized carbons (Fsp3) is 0.0667. The molecule has 8 heteroatoms. The molecule has 3 N–H and O–H groups in total. The Morgan fingerprint density at radius 3 is 2.48 bits per heavy atom. The predicted octanol–water partition coefficient (Wildman–Crippen LogP) is 2.69. The van der Waals surface area contributed by atoms with Crippen LogP contribution in [0, 0.1) is 6.92 Å². The highest BCUT2D eigenvalue weighted by molar-refractivity contribution is 7.88. The van der Waals surface area contributed by atoms with E-state index in [0.717, 1.165) is 5.56 Å². The van der Waals surface area contributed by atoms with E-state index in [1.807, 2.05) is 0 Å². The van der Waals surface area contributed by atoms with Gasteiger partial charge in [-0.15, -0.1) is 0 Å². The molecule has 0 saturated carbocycles. The number of amides is 1. The Kier molecular flexibility index (Phi) is 6.89. The number of nitrogens with two attached hydrogens (primary N) is 1. The van der Waals surface area contributed by atoms with Crippen LogP contribution in [0.2, 0.25) is 5.02 Å². The van der Waals surface area contributed by atoms with Gasteiger partial charge in [-0.05, 0) is 48.9 Å². The molecule has 0 atom stereocenters. The van der Waals surface area contributed by atoms with E-state index in [1.165, 1.54) is 12.3 Å². The quantitative estimate of drug-likeness (QED) is 0.823. The lowest BCUT2D eigenvalue weighted by Crippen LogP contribution is -2.12. The molecule has 0 fully saturated rings. The van der Waals surface area contributed by atoms with E-state index in [4.69, 9.17) is 21.9 Å². The minimum Gasteiger partial charge on any atom is -0.366 e. The number of aryl methyl sites for hydroxylation is 1. The summed E-state index contributed by atoms with van der Waals surface area (Å²) in [5.74, 6) is -0.417. The van der Waals surface area contributed by atoms with E-state index in [0.29, 0.717) is 21.7 Å². The summed E-state index contributed by atoms with van der Waals surface area (Å²) in [5, 5.41) is 1.31. The van der Waals surface area contributed by atoms with Gasteiger partial charge in [0.15, 0.2) is 0 Å². The van der Waals surface area contributed by atoms with Crippen molar-refractivity contribution in [1.29, 1.82) is 0 Å². The van der Waals surface area contributed by atoms with Gasteiger partial charge in [0.1, 0.15) is 0 Å². The molecular weight excluding hydrogens is 340 g/mol. The first kappa shape index (κ1) is 18.8. The van der Waals surface area contributed by atoms with E-state index in [-0.39, 0.29) is 0 Å². The third-order valence-corrected chi connectivity index (χ3v) is 3.27. The zero-order chi connectivity index (χ0) is 17.5. The molecule has 6 nitrogen and oxygen atoms in total. The number of aromatic nitrogens is 1. The van der Waals surface area contributed by atoms with Gasteiger partial charge in [0, 0.05) is 16.8 Å². The van der Waals surface area contributed by atoms with Crippen LogP contribution in [0.1, 0.15) is 21.6 Å². The maximum absolute atomic E-state index is 10.7. The van der Waals surface area contributed by atoms with E-state index >= 15 is 0 Å². The normalized spacial score (nSPS) is 10.9. The maximum atomic E-state index is 10.7. The van der Waals surface area contributed by atoms with Crippen LogP contribution in [-0.2, 0) is 10.1 Å². The number of nitrogens with zero attached hydrogens (tertiary/aromatic N) is 1. The summed E-state index contributed by atoms with van der Waals surface area (Å²) in [7, 11) is -4.04. The molecule has 0 unspecified atom stereocenters.